The van der Waals surface area contributed by atoms with Gasteiger partial charge >= 0.3 is 11.9 Å². The van der Waals surface area contributed by atoms with E-state index in [0.29, 0.717) is 0 Å². The Bertz CT molecular complexity index is 315. The lowest BCUT2D eigenvalue weighted by Gasteiger charge is -2.31. The molecule has 20 heavy (non-hydrogen) atoms. The second kappa shape index (κ2) is 11.3. The largest absolute Gasteiger partial charge is 0.478 e. The molecule has 116 valence electrons. The van der Waals surface area contributed by atoms with Crippen molar-refractivity contribution in [2.45, 2.75) is 65.4 Å². The lowest BCUT2D eigenvalue weighted by Crippen LogP contribution is -2.33. The maximum atomic E-state index is 11.2. The van der Waals surface area contributed by atoms with Gasteiger partial charge in [0.2, 0.25) is 0 Å². The summed E-state index contributed by atoms with van der Waals surface area (Å²) in [6.45, 7) is 14.3. The molecular formula is C16H28O4. The van der Waals surface area contributed by atoms with Crippen LogP contribution in [0.15, 0.2) is 24.8 Å². The van der Waals surface area contributed by atoms with Gasteiger partial charge in [-0.2, -0.15) is 0 Å². The third-order valence-corrected chi connectivity index (χ3v) is 3.12. The van der Waals surface area contributed by atoms with E-state index in [-0.39, 0.29) is 17.1 Å². The van der Waals surface area contributed by atoms with Crippen molar-refractivity contribution in [1.29, 1.82) is 0 Å². The summed E-state index contributed by atoms with van der Waals surface area (Å²) in [5.74, 6) is -1.24. The third-order valence-electron chi connectivity index (χ3n) is 3.12. The topological polar surface area (TPSA) is 63.6 Å². The van der Waals surface area contributed by atoms with Gasteiger partial charge in [0, 0.05) is 11.6 Å². The summed E-state index contributed by atoms with van der Waals surface area (Å²) in [5, 5.41) is 7.89. The van der Waals surface area contributed by atoms with Gasteiger partial charge in [0.1, 0.15) is 5.60 Å². The Morgan fingerprint density at radius 1 is 1.25 bits per heavy atom. The summed E-state index contributed by atoms with van der Waals surface area (Å²) in [6, 6.07) is 0. The predicted molar refractivity (Wildman–Crippen MR) is 81.6 cm³/mol. The van der Waals surface area contributed by atoms with E-state index in [4.69, 9.17) is 9.84 Å². The summed E-state index contributed by atoms with van der Waals surface area (Å²) >= 11 is 0. The van der Waals surface area contributed by atoms with E-state index in [1.54, 1.807) is 0 Å². The number of hydrogen-bond donors (Lipinski definition) is 1. The van der Waals surface area contributed by atoms with Gasteiger partial charge in [-0.3, -0.25) is 0 Å². The fourth-order valence-electron chi connectivity index (χ4n) is 1.55. The first kappa shape index (κ1) is 20.7. The standard InChI is InChI=1S/C12H22O2.C4H6O2/c1-5-9-10-12(7-3,8-4)14-11(13)6-2;1-3(2)4(5)6/h6H,2,5,7-10H2,1,3-4H3;1H2,2H3,(H,5,6). The van der Waals surface area contributed by atoms with Crippen molar-refractivity contribution in [3.63, 3.8) is 0 Å². The smallest absolute Gasteiger partial charge is 0.330 e. The van der Waals surface area contributed by atoms with Gasteiger partial charge in [0.15, 0.2) is 0 Å². The Balaban J connectivity index is 0. The van der Waals surface area contributed by atoms with Gasteiger partial charge in [-0.05, 0) is 32.6 Å². The summed E-state index contributed by atoms with van der Waals surface area (Å²) in [4.78, 5) is 20.8. The Kier molecular flexibility index (Phi) is 11.7. The van der Waals surface area contributed by atoms with E-state index in [9.17, 15) is 9.59 Å². The molecule has 0 saturated heterocycles. The Hall–Kier alpha value is -1.58. The van der Waals surface area contributed by atoms with Crippen LogP contribution in [0.1, 0.15) is 59.8 Å². The number of carbonyl (C=O) groups excluding carboxylic acids is 1. The van der Waals surface area contributed by atoms with Crippen LogP contribution in [0.3, 0.4) is 0 Å². The SMILES string of the molecule is C=C(C)C(=O)O.C=CC(=O)OC(CC)(CC)CCCC. The first-order valence-corrected chi connectivity index (χ1v) is 7.02. The van der Waals surface area contributed by atoms with Crippen molar-refractivity contribution < 1.29 is 19.4 Å². The van der Waals surface area contributed by atoms with Crippen molar-refractivity contribution >= 4 is 11.9 Å². The predicted octanol–water partition coefficient (Wildman–Crippen LogP) is 4.11. The van der Waals surface area contributed by atoms with Gasteiger partial charge in [-0.15, -0.1) is 0 Å². The summed E-state index contributed by atoms with van der Waals surface area (Å²) in [7, 11) is 0. The molecule has 0 unspecified atom stereocenters. The van der Waals surface area contributed by atoms with E-state index in [0.717, 1.165) is 32.1 Å². The minimum absolute atomic E-state index is 0.176. The molecule has 0 amide bonds. The van der Waals surface area contributed by atoms with E-state index in [1.807, 2.05) is 0 Å². The lowest BCUT2D eigenvalue weighted by molar-refractivity contribution is -0.155. The molecule has 0 aliphatic carbocycles. The van der Waals surface area contributed by atoms with Gasteiger partial charge in [0.05, 0.1) is 0 Å². The van der Waals surface area contributed by atoms with Crippen LogP contribution >= 0.6 is 0 Å². The summed E-state index contributed by atoms with van der Waals surface area (Å²) in [5.41, 5.74) is -0.0867. The highest BCUT2D eigenvalue weighted by molar-refractivity contribution is 5.84. The molecule has 0 bridgehead atoms. The average molecular weight is 284 g/mol. The van der Waals surface area contributed by atoms with Crippen molar-refractivity contribution in [2.75, 3.05) is 0 Å². The van der Waals surface area contributed by atoms with Crippen LogP contribution in [-0.4, -0.2) is 22.6 Å². The number of ether oxygens (including phenoxy) is 1. The van der Waals surface area contributed by atoms with Crippen LogP contribution in [-0.2, 0) is 14.3 Å². The van der Waals surface area contributed by atoms with Crippen LogP contribution in [0.2, 0.25) is 0 Å². The highest BCUT2D eigenvalue weighted by atomic mass is 16.6. The van der Waals surface area contributed by atoms with E-state index >= 15 is 0 Å². The second-order valence-electron chi connectivity index (χ2n) is 4.70. The molecule has 0 aromatic carbocycles. The number of carboxylic acids is 1. The van der Waals surface area contributed by atoms with Crippen molar-refractivity contribution in [3.8, 4) is 0 Å². The van der Waals surface area contributed by atoms with Crippen molar-refractivity contribution in [3.05, 3.63) is 24.8 Å². The van der Waals surface area contributed by atoms with Crippen LogP contribution in [0, 0.1) is 0 Å². The van der Waals surface area contributed by atoms with Crippen LogP contribution in [0.4, 0.5) is 0 Å². The van der Waals surface area contributed by atoms with Crippen molar-refractivity contribution in [1.82, 2.24) is 0 Å². The monoisotopic (exact) mass is 284 g/mol. The first-order chi connectivity index (χ1) is 9.28. The van der Waals surface area contributed by atoms with Crippen molar-refractivity contribution in [2.24, 2.45) is 0 Å². The molecule has 4 nitrogen and oxygen atoms in total. The quantitative estimate of drug-likeness (QED) is 0.538. The maximum Gasteiger partial charge on any atom is 0.330 e. The zero-order valence-corrected chi connectivity index (χ0v) is 13.2. The zero-order valence-electron chi connectivity index (χ0n) is 13.2. The highest BCUT2D eigenvalue weighted by Crippen LogP contribution is 2.27. The molecular weight excluding hydrogens is 256 g/mol. The van der Waals surface area contributed by atoms with Gasteiger partial charge in [0.25, 0.3) is 0 Å². The number of esters is 1. The third kappa shape index (κ3) is 9.36. The van der Waals surface area contributed by atoms with Crippen LogP contribution < -0.4 is 0 Å². The molecule has 0 atom stereocenters. The number of carbonyl (C=O) groups is 2. The number of rotatable bonds is 8. The molecule has 0 fully saturated rings. The van der Waals surface area contributed by atoms with Crippen LogP contribution in [0.5, 0.6) is 0 Å². The molecule has 0 heterocycles. The van der Waals surface area contributed by atoms with Gasteiger partial charge < -0.3 is 9.84 Å². The molecule has 0 aromatic rings. The number of hydrogen-bond acceptors (Lipinski definition) is 3. The first-order valence-electron chi connectivity index (χ1n) is 7.02. The number of unbranched alkanes of at least 4 members (excludes halogenated alkanes) is 1. The van der Waals surface area contributed by atoms with Crippen LogP contribution in [0.25, 0.3) is 0 Å². The molecule has 0 aliphatic rings. The number of carboxylic acid groups (broad SMARTS) is 1. The second-order valence-corrected chi connectivity index (χ2v) is 4.70. The maximum absolute atomic E-state index is 11.2. The van der Waals surface area contributed by atoms with Gasteiger partial charge in [-0.1, -0.05) is 40.3 Å². The molecule has 0 spiro atoms. The molecule has 1 N–H and O–H groups in total. The summed E-state index contributed by atoms with van der Waals surface area (Å²) < 4.78 is 5.43. The normalized spacial score (nSPS) is 10.0. The lowest BCUT2D eigenvalue weighted by atomic mass is 9.91. The zero-order chi connectivity index (χ0) is 16.2. The van der Waals surface area contributed by atoms with E-state index in [1.165, 1.54) is 13.0 Å². The molecule has 4 heteroatoms. The minimum Gasteiger partial charge on any atom is -0.478 e. The van der Waals surface area contributed by atoms with Gasteiger partial charge in [-0.25, -0.2) is 9.59 Å². The van der Waals surface area contributed by atoms with E-state index < -0.39 is 5.97 Å². The Morgan fingerprint density at radius 3 is 1.95 bits per heavy atom. The minimum atomic E-state index is -0.935. The highest BCUT2D eigenvalue weighted by Gasteiger charge is 2.28. The molecule has 0 aromatic heterocycles. The summed E-state index contributed by atoms with van der Waals surface area (Å²) in [6.07, 6.45) is 6.19. The molecule has 0 saturated carbocycles. The molecule has 0 rings (SSSR count). The Morgan fingerprint density at radius 2 is 1.70 bits per heavy atom. The van der Waals surface area contributed by atoms with E-state index in [2.05, 4.69) is 33.9 Å². The fraction of sp³-hybridized carbons (Fsp3) is 0.625. The average Bonchev–Trinajstić information content (AvgIpc) is 2.43. The number of aliphatic carboxylic acids is 1. The Labute approximate surface area is 122 Å². The molecule has 0 aliphatic heterocycles. The fourth-order valence-corrected chi connectivity index (χ4v) is 1.55. The molecule has 0 radical (unpaired) electrons.